The van der Waals surface area contributed by atoms with E-state index < -0.39 is 0 Å². The Bertz CT molecular complexity index is 435. The number of carbonyl (C=O) groups excluding carboxylic acids is 2. The van der Waals surface area contributed by atoms with Gasteiger partial charge in [0.1, 0.15) is 0 Å². The third kappa shape index (κ3) is 7.68. The first-order valence-corrected chi connectivity index (χ1v) is 6.95. The highest BCUT2D eigenvalue weighted by molar-refractivity contribution is 5.93. The summed E-state index contributed by atoms with van der Waals surface area (Å²) in [5.74, 6) is -0.448. The summed E-state index contributed by atoms with van der Waals surface area (Å²) in [6.45, 7) is 5.34. The Kier molecular flexibility index (Phi) is 10.3. The topological polar surface area (TPSA) is 67.4 Å². The Morgan fingerprint density at radius 2 is 1.81 bits per heavy atom. The summed E-state index contributed by atoms with van der Waals surface area (Å²) < 4.78 is 4.89. The SMILES string of the molecule is CCCCNCC(=O)Nc1ccc(C(=O)OCC)cc1.Cl. The van der Waals surface area contributed by atoms with E-state index in [9.17, 15) is 9.59 Å². The van der Waals surface area contributed by atoms with Gasteiger partial charge in [-0.15, -0.1) is 12.4 Å². The van der Waals surface area contributed by atoms with Gasteiger partial charge in [-0.05, 0) is 44.2 Å². The highest BCUT2D eigenvalue weighted by Gasteiger charge is 2.06. The molecule has 0 aliphatic rings. The number of halogens is 1. The molecule has 118 valence electrons. The maximum absolute atomic E-state index is 11.6. The van der Waals surface area contributed by atoms with Crippen LogP contribution in [-0.4, -0.2) is 31.6 Å². The van der Waals surface area contributed by atoms with Gasteiger partial charge in [-0.3, -0.25) is 4.79 Å². The molecule has 2 N–H and O–H groups in total. The van der Waals surface area contributed by atoms with Crippen LogP contribution in [0.2, 0.25) is 0 Å². The fourth-order valence-electron chi connectivity index (χ4n) is 1.61. The quantitative estimate of drug-likeness (QED) is 0.572. The van der Waals surface area contributed by atoms with Crippen LogP contribution in [-0.2, 0) is 9.53 Å². The summed E-state index contributed by atoms with van der Waals surface area (Å²) in [7, 11) is 0. The normalized spacial score (nSPS) is 9.62. The average molecular weight is 315 g/mol. The van der Waals surface area contributed by atoms with E-state index in [4.69, 9.17) is 4.74 Å². The molecule has 0 spiro atoms. The number of hydrogen-bond acceptors (Lipinski definition) is 4. The van der Waals surface area contributed by atoms with Crippen LogP contribution in [0.15, 0.2) is 24.3 Å². The number of anilines is 1. The second kappa shape index (κ2) is 11.1. The Hall–Kier alpha value is -1.59. The number of unbranched alkanes of at least 4 members (excludes halogenated alkanes) is 1. The molecule has 6 heteroatoms. The van der Waals surface area contributed by atoms with Gasteiger partial charge in [-0.1, -0.05) is 13.3 Å². The van der Waals surface area contributed by atoms with E-state index in [1.165, 1.54) is 0 Å². The molecule has 0 aromatic heterocycles. The lowest BCUT2D eigenvalue weighted by atomic mass is 10.2. The monoisotopic (exact) mass is 314 g/mol. The lowest BCUT2D eigenvalue weighted by Crippen LogP contribution is -2.28. The molecular formula is C15H23ClN2O3. The van der Waals surface area contributed by atoms with Crippen molar-refractivity contribution in [1.29, 1.82) is 0 Å². The molecular weight excluding hydrogens is 292 g/mol. The first-order chi connectivity index (χ1) is 9.67. The molecule has 5 nitrogen and oxygen atoms in total. The number of nitrogens with one attached hydrogen (secondary N) is 2. The summed E-state index contributed by atoms with van der Waals surface area (Å²) in [6, 6.07) is 6.66. The van der Waals surface area contributed by atoms with Gasteiger partial charge in [0.15, 0.2) is 0 Å². The first-order valence-electron chi connectivity index (χ1n) is 6.95. The van der Waals surface area contributed by atoms with Gasteiger partial charge in [0.05, 0.1) is 18.7 Å². The smallest absolute Gasteiger partial charge is 0.338 e. The molecule has 1 rings (SSSR count). The summed E-state index contributed by atoms with van der Waals surface area (Å²) in [4.78, 5) is 23.1. The highest BCUT2D eigenvalue weighted by atomic mass is 35.5. The van der Waals surface area contributed by atoms with Crippen LogP contribution in [0.3, 0.4) is 0 Å². The zero-order valence-corrected chi connectivity index (χ0v) is 13.3. The fraction of sp³-hybridized carbons (Fsp3) is 0.467. The van der Waals surface area contributed by atoms with Crippen molar-refractivity contribution in [2.75, 3.05) is 25.0 Å². The summed E-state index contributed by atoms with van der Waals surface area (Å²) in [5.41, 5.74) is 1.14. The standard InChI is InChI=1S/C15H22N2O3.ClH/c1-3-5-10-16-11-14(18)17-13-8-6-12(7-9-13)15(19)20-4-2;/h6-9,16H,3-5,10-11H2,1-2H3,(H,17,18);1H. The maximum atomic E-state index is 11.6. The van der Waals surface area contributed by atoms with Crippen molar-refractivity contribution in [2.45, 2.75) is 26.7 Å². The second-order valence-corrected chi connectivity index (χ2v) is 4.38. The largest absolute Gasteiger partial charge is 0.462 e. The van der Waals surface area contributed by atoms with Crippen molar-refractivity contribution in [2.24, 2.45) is 0 Å². The zero-order valence-electron chi connectivity index (χ0n) is 12.5. The lowest BCUT2D eigenvalue weighted by Gasteiger charge is -2.07. The van der Waals surface area contributed by atoms with Crippen molar-refractivity contribution in [3.05, 3.63) is 29.8 Å². The van der Waals surface area contributed by atoms with Gasteiger partial charge in [0.25, 0.3) is 0 Å². The van der Waals surface area contributed by atoms with Crippen molar-refractivity contribution in [3.8, 4) is 0 Å². The van der Waals surface area contributed by atoms with Crippen LogP contribution < -0.4 is 10.6 Å². The molecule has 0 fully saturated rings. The Balaban J connectivity index is 0.00000400. The number of hydrogen-bond donors (Lipinski definition) is 2. The lowest BCUT2D eigenvalue weighted by molar-refractivity contribution is -0.115. The molecule has 1 amide bonds. The molecule has 0 saturated heterocycles. The molecule has 21 heavy (non-hydrogen) atoms. The van der Waals surface area contributed by atoms with E-state index in [0.29, 0.717) is 24.4 Å². The average Bonchev–Trinajstić information content (AvgIpc) is 2.45. The number of ether oxygens (including phenoxy) is 1. The number of carbonyl (C=O) groups is 2. The number of amides is 1. The van der Waals surface area contributed by atoms with E-state index in [1.54, 1.807) is 31.2 Å². The molecule has 0 bridgehead atoms. The molecule has 0 unspecified atom stereocenters. The molecule has 0 aliphatic carbocycles. The van der Waals surface area contributed by atoms with Crippen LogP contribution >= 0.6 is 12.4 Å². The Morgan fingerprint density at radius 1 is 1.14 bits per heavy atom. The first kappa shape index (κ1) is 19.4. The summed E-state index contributed by atoms with van der Waals surface area (Å²) in [5, 5.41) is 5.83. The minimum atomic E-state index is -0.355. The van der Waals surface area contributed by atoms with Crippen LogP contribution in [0.4, 0.5) is 5.69 Å². The highest BCUT2D eigenvalue weighted by Crippen LogP contribution is 2.10. The van der Waals surface area contributed by atoms with Crippen molar-refractivity contribution in [3.63, 3.8) is 0 Å². The van der Waals surface area contributed by atoms with Crippen LogP contribution in [0, 0.1) is 0 Å². The molecule has 0 saturated carbocycles. The van der Waals surface area contributed by atoms with E-state index in [0.717, 1.165) is 19.4 Å². The summed E-state index contributed by atoms with van der Waals surface area (Å²) >= 11 is 0. The molecule has 1 aromatic carbocycles. The maximum Gasteiger partial charge on any atom is 0.338 e. The minimum Gasteiger partial charge on any atom is -0.462 e. The van der Waals surface area contributed by atoms with Gasteiger partial charge < -0.3 is 15.4 Å². The van der Waals surface area contributed by atoms with Gasteiger partial charge >= 0.3 is 5.97 Å². The zero-order chi connectivity index (χ0) is 14.8. The third-order valence-electron chi connectivity index (χ3n) is 2.67. The van der Waals surface area contributed by atoms with Gasteiger partial charge in [0, 0.05) is 5.69 Å². The van der Waals surface area contributed by atoms with Crippen LogP contribution in [0.5, 0.6) is 0 Å². The van der Waals surface area contributed by atoms with Gasteiger partial charge in [0.2, 0.25) is 5.91 Å². The van der Waals surface area contributed by atoms with Crippen molar-refractivity contribution in [1.82, 2.24) is 5.32 Å². The van der Waals surface area contributed by atoms with Crippen molar-refractivity contribution < 1.29 is 14.3 Å². The molecule has 0 heterocycles. The minimum absolute atomic E-state index is 0. The van der Waals surface area contributed by atoms with Crippen molar-refractivity contribution >= 4 is 30.0 Å². The molecule has 1 aromatic rings. The molecule has 0 radical (unpaired) electrons. The predicted molar refractivity (Wildman–Crippen MR) is 86.1 cm³/mol. The Morgan fingerprint density at radius 3 is 2.38 bits per heavy atom. The molecule has 0 aliphatic heterocycles. The number of rotatable bonds is 8. The predicted octanol–water partition coefficient (Wildman–Crippen LogP) is 2.61. The van der Waals surface area contributed by atoms with E-state index in [2.05, 4.69) is 17.6 Å². The number of benzene rings is 1. The fourth-order valence-corrected chi connectivity index (χ4v) is 1.61. The van der Waals surface area contributed by atoms with E-state index in [1.807, 2.05) is 0 Å². The van der Waals surface area contributed by atoms with Crippen LogP contribution in [0.25, 0.3) is 0 Å². The third-order valence-corrected chi connectivity index (χ3v) is 2.67. The number of esters is 1. The summed E-state index contributed by atoms with van der Waals surface area (Å²) in [6.07, 6.45) is 2.16. The van der Waals surface area contributed by atoms with Crippen LogP contribution in [0.1, 0.15) is 37.0 Å². The molecule has 0 atom stereocenters. The van der Waals surface area contributed by atoms with Gasteiger partial charge in [-0.25, -0.2) is 4.79 Å². The van der Waals surface area contributed by atoms with E-state index >= 15 is 0 Å². The van der Waals surface area contributed by atoms with E-state index in [-0.39, 0.29) is 24.3 Å². The second-order valence-electron chi connectivity index (χ2n) is 4.38. The Labute approximate surface area is 131 Å². The van der Waals surface area contributed by atoms with Gasteiger partial charge in [-0.2, -0.15) is 0 Å².